The van der Waals surface area contributed by atoms with Gasteiger partial charge in [0.15, 0.2) is 6.61 Å². The second-order valence-corrected chi connectivity index (χ2v) is 7.68. The van der Waals surface area contributed by atoms with Gasteiger partial charge in [-0.3, -0.25) is 0 Å². The van der Waals surface area contributed by atoms with Gasteiger partial charge in [-0.05, 0) is 51.6 Å². The topological polar surface area (TPSA) is 35.5 Å². The Kier molecular flexibility index (Phi) is 10.9. The van der Waals surface area contributed by atoms with Crippen LogP contribution in [0.15, 0.2) is 24.3 Å². The molecular weight excluding hydrogens is 307 g/mol. The molecule has 23 heavy (non-hydrogen) atoms. The first-order valence-electron chi connectivity index (χ1n) is 8.39. The van der Waals surface area contributed by atoms with Gasteiger partial charge in [-0.2, -0.15) is 0 Å². The van der Waals surface area contributed by atoms with Crippen LogP contribution in [0.4, 0.5) is 0 Å². The number of hydrogen-bond acceptors (Lipinski definition) is 3. The molecule has 0 saturated carbocycles. The number of ether oxygens (including phenoxy) is 2. The van der Waals surface area contributed by atoms with Crippen molar-refractivity contribution >= 4 is 14.6 Å². The van der Waals surface area contributed by atoms with Crippen LogP contribution in [0.1, 0.15) is 65.6 Å². The molecule has 0 aliphatic carbocycles. The number of esters is 1. The predicted octanol–water partition coefficient (Wildman–Crippen LogP) is 5.58. The van der Waals surface area contributed by atoms with Crippen LogP contribution in [0.3, 0.4) is 0 Å². The summed E-state index contributed by atoms with van der Waals surface area (Å²) in [7, 11) is 0.899. The summed E-state index contributed by atoms with van der Waals surface area (Å²) < 4.78 is 10.6. The lowest BCUT2D eigenvalue weighted by molar-refractivity contribution is -0.157. The van der Waals surface area contributed by atoms with E-state index < -0.39 is 5.60 Å². The summed E-state index contributed by atoms with van der Waals surface area (Å²) in [6, 6.07) is 8.00. The fourth-order valence-corrected chi connectivity index (χ4v) is 2.85. The van der Waals surface area contributed by atoms with Crippen molar-refractivity contribution in [2.24, 2.45) is 0 Å². The van der Waals surface area contributed by atoms with E-state index in [-0.39, 0.29) is 12.6 Å². The van der Waals surface area contributed by atoms with Crippen molar-refractivity contribution in [3.8, 4) is 5.75 Å². The lowest BCUT2D eigenvalue weighted by atomic mass is 10.1. The highest BCUT2D eigenvalue weighted by molar-refractivity contribution is 7.37. The van der Waals surface area contributed by atoms with Crippen molar-refractivity contribution in [1.82, 2.24) is 0 Å². The summed E-state index contributed by atoms with van der Waals surface area (Å²) in [5.41, 5.74) is 1.48. The Balaban J connectivity index is 0.00000149. The molecule has 2 unspecified atom stereocenters. The van der Waals surface area contributed by atoms with E-state index in [9.17, 15) is 4.79 Å². The van der Waals surface area contributed by atoms with E-state index in [1.165, 1.54) is 12.0 Å². The first-order chi connectivity index (χ1) is 10.8. The zero-order chi connectivity index (χ0) is 17.9. The number of hydrogen-bond donors (Lipinski definition) is 0. The highest BCUT2D eigenvalue weighted by atomic mass is 31.1. The first-order valence-corrected chi connectivity index (χ1v) is 9.96. The molecule has 0 aliphatic rings. The molecule has 132 valence electrons. The largest absolute Gasteiger partial charge is 0.482 e. The lowest BCUT2D eigenvalue weighted by Gasteiger charge is -2.19. The SMILES string of the molecule is CCC.CCC(PC)c1ccc(OCC(=O)OC(C)(C)C)cc1. The molecule has 0 bridgehead atoms. The van der Waals surface area contributed by atoms with Gasteiger partial charge < -0.3 is 9.47 Å². The molecule has 0 aromatic heterocycles. The van der Waals surface area contributed by atoms with Crippen LogP contribution < -0.4 is 4.74 Å². The molecule has 0 aliphatic heterocycles. The minimum atomic E-state index is -0.472. The van der Waals surface area contributed by atoms with Gasteiger partial charge in [-0.1, -0.05) is 39.3 Å². The summed E-state index contributed by atoms with van der Waals surface area (Å²) in [6.45, 7) is 14.2. The molecule has 0 fully saturated rings. The van der Waals surface area contributed by atoms with E-state index in [2.05, 4.69) is 39.6 Å². The van der Waals surface area contributed by atoms with Gasteiger partial charge in [0.05, 0.1) is 0 Å². The molecule has 0 spiro atoms. The number of carbonyl (C=O) groups excluding carboxylic acids is 1. The molecule has 3 nitrogen and oxygen atoms in total. The summed E-state index contributed by atoms with van der Waals surface area (Å²) in [5, 5.41) is 0. The van der Waals surface area contributed by atoms with Crippen LogP contribution in [-0.2, 0) is 9.53 Å². The Morgan fingerprint density at radius 2 is 1.65 bits per heavy atom. The summed E-state index contributed by atoms with van der Waals surface area (Å²) >= 11 is 0. The van der Waals surface area contributed by atoms with Gasteiger partial charge in [0.1, 0.15) is 11.4 Å². The molecule has 0 heterocycles. The Morgan fingerprint density at radius 1 is 1.13 bits per heavy atom. The maximum Gasteiger partial charge on any atom is 0.344 e. The van der Waals surface area contributed by atoms with Crippen molar-refractivity contribution in [2.75, 3.05) is 13.3 Å². The molecule has 1 aromatic rings. The fourth-order valence-electron chi connectivity index (χ4n) is 1.92. The molecule has 0 saturated heterocycles. The molecular formula is C19H33O3P. The molecule has 2 atom stereocenters. The molecule has 1 aromatic carbocycles. The third kappa shape index (κ3) is 10.3. The van der Waals surface area contributed by atoms with Crippen molar-refractivity contribution in [1.29, 1.82) is 0 Å². The van der Waals surface area contributed by atoms with E-state index in [1.807, 2.05) is 32.9 Å². The van der Waals surface area contributed by atoms with Gasteiger partial charge >= 0.3 is 5.97 Å². The second-order valence-electron chi connectivity index (χ2n) is 6.40. The van der Waals surface area contributed by atoms with E-state index in [0.29, 0.717) is 11.4 Å². The van der Waals surface area contributed by atoms with Crippen LogP contribution in [0.25, 0.3) is 0 Å². The van der Waals surface area contributed by atoms with Crippen LogP contribution in [0.2, 0.25) is 0 Å². The van der Waals surface area contributed by atoms with E-state index in [0.717, 1.165) is 15.0 Å². The average molecular weight is 340 g/mol. The van der Waals surface area contributed by atoms with Crippen LogP contribution >= 0.6 is 8.58 Å². The fraction of sp³-hybridized carbons (Fsp3) is 0.632. The van der Waals surface area contributed by atoms with Gasteiger partial charge in [-0.25, -0.2) is 4.79 Å². The summed E-state index contributed by atoms with van der Waals surface area (Å²) in [5.74, 6) is 0.358. The average Bonchev–Trinajstić information content (AvgIpc) is 2.47. The van der Waals surface area contributed by atoms with Crippen molar-refractivity contribution < 1.29 is 14.3 Å². The summed E-state index contributed by atoms with van der Waals surface area (Å²) in [6.07, 6.45) is 2.40. The van der Waals surface area contributed by atoms with E-state index in [4.69, 9.17) is 9.47 Å². The molecule has 1 rings (SSSR count). The van der Waals surface area contributed by atoms with Crippen molar-refractivity contribution in [3.63, 3.8) is 0 Å². The predicted molar refractivity (Wildman–Crippen MR) is 101 cm³/mol. The highest BCUT2D eigenvalue weighted by Gasteiger charge is 2.16. The molecule has 0 radical (unpaired) electrons. The zero-order valence-corrected chi connectivity index (χ0v) is 16.7. The van der Waals surface area contributed by atoms with Crippen LogP contribution in [0, 0.1) is 0 Å². The van der Waals surface area contributed by atoms with Gasteiger partial charge in [0.25, 0.3) is 0 Å². The van der Waals surface area contributed by atoms with Crippen molar-refractivity contribution in [3.05, 3.63) is 29.8 Å². The highest BCUT2D eigenvalue weighted by Crippen LogP contribution is 2.35. The standard InChI is InChI=1S/C16H25O3P.C3H8/c1-6-14(20-5)12-7-9-13(10-8-12)18-11-15(17)19-16(2,3)4;1-3-2/h7-10,14,20H,6,11H2,1-5H3;3H2,1-2H3. The molecule has 0 amide bonds. The Hall–Kier alpha value is -1.08. The van der Waals surface area contributed by atoms with Crippen molar-refractivity contribution in [2.45, 2.75) is 65.6 Å². The number of rotatable bonds is 6. The molecule has 0 N–H and O–H groups in total. The third-order valence-corrected chi connectivity index (χ3v) is 4.25. The maximum absolute atomic E-state index is 11.6. The maximum atomic E-state index is 11.6. The minimum Gasteiger partial charge on any atom is -0.482 e. The smallest absolute Gasteiger partial charge is 0.344 e. The molecule has 4 heteroatoms. The van der Waals surface area contributed by atoms with Gasteiger partial charge in [0.2, 0.25) is 0 Å². The van der Waals surface area contributed by atoms with E-state index >= 15 is 0 Å². The lowest BCUT2D eigenvalue weighted by Crippen LogP contribution is -2.27. The van der Waals surface area contributed by atoms with Crippen LogP contribution in [-0.4, -0.2) is 24.8 Å². The minimum absolute atomic E-state index is 0.0522. The number of carbonyl (C=O) groups is 1. The third-order valence-electron chi connectivity index (χ3n) is 2.82. The Morgan fingerprint density at radius 3 is 2.04 bits per heavy atom. The second kappa shape index (κ2) is 11.5. The van der Waals surface area contributed by atoms with Crippen LogP contribution in [0.5, 0.6) is 5.75 Å². The van der Waals surface area contributed by atoms with E-state index in [1.54, 1.807) is 0 Å². The quantitative estimate of drug-likeness (QED) is 0.501. The zero-order valence-electron chi connectivity index (χ0n) is 15.7. The normalized spacial score (nSPS) is 12.5. The summed E-state index contributed by atoms with van der Waals surface area (Å²) in [4.78, 5) is 11.6. The van der Waals surface area contributed by atoms with Gasteiger partial charge in [0, 0.05) is 5.66 Å². The number of benzene rings is 1. The monoisotopic (exact) mass is 340 g/mol. The Labute approximate surface area is 143 Å². The Bertz CT molecular complexity index is 431. The first kappa shape index (κ1) is 21.9. The van der Waals surface area contributed by atoms with Gasteiger partial charge in [-0.15, -0.1) is 8.58 Å².